The first-order chi connectivity index (χ1) is 28.3. The van der Waals surface area contributed by atoms with Crippen LogP contribution >= 0.6 is 0 Å². The number of likely N-dealkylation sites (tertiary alicyclic amines) is 1. The van der Waals surface area contributed by atoms with Gasteiger partial charge in [0, 0.05) is 69.2 Å². The van der Waals surface area contributed by atoms with Gasteiger partial charge in [0.05, 0.1) is 22.1 Å². The summed E-state index contributed by atoms with van der Waals surface area (Å²) < 4.78 is 117. The summed E-state index contributed by atoms with van der Waals surface area (Å²) in [5, 5.41) is 15.2. The van der Waals surface area contributed by atoms with Crippen molar-refractivity contribution in [1.29, 1.82) is 0 Å². The number of piperidine rings is 4. The second-order valence-corrected chi connectivity index (χ2v) is 18.4. The van der Waals surface area contributed by atoms with Crippen LogP contribution < -0.4 is 25.2 Å². The minimum Gasteiger partial charge on any atom is -0.388 e. The topological polar surface area (TPSA) is 160 Å². The largest absolute Gasteiger partial charge is 0.421 e. The van der Waals surface area contributed by atoms with Gasteiger partial charge in [-0.05, 0) is 94.2 Å². The predicted molar refractivity (Wildman–Crippen MR) is 210 cm³/mol. The number of carbonyl (C=O) groups excluding carboxylic acids is 2. The molecule has 4 atom stereocenters. The Morgan fingerprint density at radius 3 is 2.32 bits per heavy atom. The SMILES string of the molecule is C[C@H]1CN(CC2CCN(c3cc(F)c(C4CCC(=O)NC4=O)c(F)c3)CC2)CC[C@H]1NS(=O)(=O)c1ccc(Nc2ncc(C(F)(F)F)c(N3CCC[C@](C)(O)C3)n2)c(F)c1. The molecule has 2 aromatic carbocycles. The van der Waals surface area contributed by atoms with Gasteiger partial charge in [0.15, 0.2) is 0 Å². The maximum absolute atomic E-state index is 15.4. The van der Waals surface area contributed by atoms with E-state index in [2.05, 4.69) is 30.2 Å². The molecule has 1 unspecified atom stereocenters. The summed E-state index contributed by atoms with van der Waals surface area (Å²) >= 11 is 0. The van der Waals surface area contributed by atoms with Gasteiger partial charge >= 0.3 is 6.18 Å². The molecule has 13 nitrogen and oxygen atoms in total. The van der Waals surface area contributed by atoms with E-state index in [-0.39, 0.29) is 53.9 Å². The van der Waals surface area contributed by atoms with E-state index in [1.165, 1.54) is 30.0 Å². The van der Waals surface area contributed by atoms with E-state index in [1.807, 2.05) is 11.8 Å². The van der Waals surface area contributed by atoms with Crippen LogP contribution in [0.5, 0.6) is 0 Å². The summed E-state index contributed by atoms with van der Waals surface area (Å²) in [5.74, 6) is -5.46. The summed E-state index contributed by atoms with van der Waals surface area (Å²) in [7, 11) is -4.17. The Hall–Kier alpha value is -4.53. The van der Waals surface area contributed by atoms with Gasteiger partial charge in [0.25, 0.3) is 0 Å². The molecule has 4 fully saturated rings. The zero-order chi connectivity index (χ0) is 43.1. The van der Waals surface area contributed by atoms with E-state index >= 15 is 13.2 Å². The Morgan fingerprint density at radius 1 is 0.967 bits per heavy atom. The lowest BCUT2D eigenvalue weighted by Gasteiger charge is -2.41. The lowest BCUT2D eigenvalue weighted by atomic mass is 9.89. The maximum atomic E-state index is 15.4. The molecule has 2 amide bonds. The first kappa shape index (κ1) is 43.6. The Morgan fingerprint density at radius 2 is 1.68 bits per heavy atom. The molecular formula is C40H48F6N8O5S. The van der Waals surface area contributed by atoms with Gasteiger partial charge in [-0.15, -0.1) is 0 Å². The van der Waals surface area contributed by atoms with Crippen LogP contribution in [0.4, 0.5) is 49.5 Å². The average molecular weight is 867 g/mol. The van der Waals surface area contributed by atoms with E-state index in [0.29, 0.717) is 63.2 Å². The van der Waals surface area contributed by atoms with Gasteiger partial charge in [0.1, 0.15) is 28.8 Å². The van der Waals surface area contributed by atoms with Crippen LogP contribution in [0.25, 0.3) is 0 Å². The number of amides is 2. The van der Waals surface area contributed by atoms with E-state index < -0.39 is 74.4 Å². The highest BCUT2D eigenvalue weighted by Gasteiger charge is 2.40. The van der Waals surface area contributed by atoms with Crippen LogP contribution in [-0.4, -0.2) is 97.7 Å². The zero-order valence-electron chi connectivity index (χ0n) is 33.2. The number of halogens is 6. The molecule has 0 aliphatic carbocycles. The quantitative estimate of drug-likeness (QED) is 0.152. The van der Waals surface area contributed by atoms with Gasteiger partial charge in [-0.25, -0.2) is 31.3 Å². The first-order valence-electron chi connectivity index (χ1n) is 20.1. The number of aliphatic hydroxyl groups is 1. The lowest BCUT2D eigenvalue weighted by molar-refractivity contribution is -0.138. The molecule has 0 spiro atoms. The Kier molecular flexibility index (Phi) is 12.4. The molecule has 20 heteroatoms. The summed E-state index contributed by atoms with van der Waals surface area (Å²) in [6.45, 7) is 6.68. The number of nitrogens with one attached hydrogen (secondary N) is 3. The molecule has 4 saturated heterocycles. The molecule has 5 heterocycles. The molecule has 7 rings (SSSR count). The van der Waals surface area contributed by atoms with Crippen molar-refractivity contribution in [1.82, 2.24) is 24.9 Å². The van der Waals surface area contributed by atoms with Crippen molar-refractivity contribution < 1.29 is 49.5 Å². The van der Waals surface area contributed by atoms with Gasteiger partial charge in [-0.1, -0.05) is 6.92 Å². The molecule has 4 aliphatic rings. The summed E-state index contributed by atoms with van der Waals surface area (Å²) in [4.78, 5) is 36.7. The molecule has 326 valence electrons. The molecule has 0 radical (unpaired) electrons. The van der Waals surface area contributed by atoms with Crippen molar-refractivity contribution in [2.24, 2.45) is 11.8 Å². The lowest BCUT2D eigenvalue weighted by Crippen LogP contribution is -2.51. The van der Waals surface area contributed by atoms with Gasteiger partial charge < -0.3 is 25.1 Å². The fraction of sp³-hybridized carbons (Fsp3) is 0.550. The van der Waals surface area contributed by atoms with Gasteiger partial charge in [-0.3, -0.25) is 14.9 Å². The number of hydrogen-bond acceptors (Lipinski definition) is 11. The fourth-order valence-corrected chi connectivity index (χ4v) is 10.2. The smallest absolute Gasteiger partial charge is 0.388 e. The van der Waals surface area contributed by atoms with Crippen molar-refractivity contribution >= 4 is 45.0 Å². The third-order valence-corrected chi connectivity index (χ3v) is 13.5. The first-order valence-corrected chi connectivity index (χ1v) is 21.5. The minimum atomic E-state index is -4.79. The standard InChI is InChI=1S/C40H48F6N8O5S/c1-23-20-52(21-24-8-14-53(15-9-24)25-16-30(42)35(31(43)17-25)27-5-7-34(55)49-37(27)56)13-10-32(23)51-60(58,59)26-4-6-33(29(41)18-26)48-38-47-19-28(40(44,45)46)36(50-38)54-12-3-11-39(2,57)22-54/h4,6,16-19,23-24,27,32,51,57H,3,5,7-15,20-22H2,1-2H3,(H,47,48,50)(H,49,55,56)/t23-,27?,32+,39-/m0/s1. The molecule has 1 aromatic heterocycles. The monoisotopic (exact) mass is 866 g/mol. The van der Waals surface area contributed by atoms with Crippen LogP contribution in [0.15, 0.2) is 41.4 Å². The number of hydrogen-bond donors (Lipinski definition) is 4. The van der Waals surface area contributed by atoms with Crippen molar-refractivity contribution in [3.63, 3.8) is 0 Å². The summed E-state index contributed by atoms with van der Waals surface area (Å²) in [5.41, 5.74) is -2.53. The van der Waals surface area contributed by atoms with Gasteiger partial charge in [-0.2, -0.15) is 18.2 Å². The highest BCUT2D eigenvalue weighted by Crippen LogP contribution is 2.38. The molecule has 60 heavy (non-hydrogen) atoms. The number of rotatable bonds is 10. The Balaban J connectivity index is 0.915. The molecule has 3 aromatic rings. The zero-order valence-corrected chi connectivity index (χ0v) is 34.0. The van der Waals surface area contributed by atoms with Crippen molar-refractivity contribution in [2.75, 3.05) is 60.9 Å². The predicted octanol–water partition coefficient (Wildman–Crippen LogP) is 5.43. The number of sulfonamides is 1. The minimum absolute atomic E-state index is 0.0108. The number of benzene rings is 2. The fourth-order valence-electron chi connectivity index (χ4n) is 8.79. The normalized spacial score (nSPS) is 25.1. The van der Waals surface area contributed by atoms with Crippen molar-refractivity contribution in [3.05, 3.63) is 65.1 Å². The molecule has 4 N–H and O–H groups in total. The third-order valence-electron chi connectivity index (χ3n) is 12.0. The molecule has 4 aliphatic heterocycles. The number of carbonyl (C=O) groups is 2. The number of anilines is 4. The number of imide groups is 1. The second-order valence-electron chi connectivity index (χ2n) is 16.7. The highest BCUT2D eigenvalue weighted by molar-refractivity contribution is 7.89. The van der Waals surface area contributed by atoms with Crippen LogP contribution in [0.1, 0.15) is 75.8 Å². The third kappa shape index (κ3) is 9.81. The van der Waals surface area contributed by atoms with Crippen LogP contribution in [0.2, 0.25) is 0 Å². The molecular weight excluding hydrogens is 819 g/mol. The van der Waals surface area contributed by atoms with Crippen molar-refractivity contribution in [2.45, 2.75) is 87.4 Å². The second kappa shape index (κ2) is 17.1. The molecule has 0 saturated carbocycles. The van der Waals surface area contributed by atoms with E-state index in [0.717, 1.165) is 31.5 Å². The van der Waals surface area contributed by atoms with Crippen LogP contribution in [0.3, 0.4) is 0 Å². The van der Waals surface area contributed by atoms with E-state index in [9.17, 15) is 36.3 Å². The summed E-state index contributed by atoms with van der Waals surface area (Å²) in [6, 6.07) is 5.20. The van der Waals surface area contributed by atoms with Crippen LogP contribution in [-0.2, 0) is 25.8 Å². The Bertz CT molecular complexity index is 2200. The number of aromatic nitrogens is 2. The van der Waals surface area contributed by atoms with Crippen molar-refractivity contribution in [3.8, 4) is 0 Å². The maximum Gasteiger partial charge on any atom is 0.421 e. The average Bonchev–Trinajstić information content (AvgIpc) is 3.16. The number of nitrogens with zero attached hydrogens (tertiary/aromatic N) is 5. The highest BCUT2D eigenvalue weighted by atomic mass is 32.2. The van der Waals surface area contributed by atoms with E-state index in [4.69, 9.17) is 0 Å². The Labute approximate surface area is 344 Å². The number of β-amino-alcohol motifs (C(OH)–C–C–N with tert-alkyl or cyclic N) is 1. The van der Waals surface area contributed by atoms with E-state index in [1.54, 1.807) is 0 Å². The number of alkyl halides is 3. The summed E-state index contributed by atoms with van der Waals surface area (Å²) in [6.07, 6.45) is -1.28. The molecule has 0 bridgehead atoms. The van der Waals surface area contributed by atoms with Crippen LogP contribution in [0, 0.1) is 29.3 Å². The van der Waals surface area contributed by atoms with Gasteiger partial charge in [0.2, 0.25) is 27.8 Å².